The Bertz CT molecular complexity index is 697. The third kappa shape index (κ3) is 4.39. The van der Waals surface area contributed by atoms with Crippen molar-refractivity contribution < 1.29 is 4.79 Å². The predicted octanol–water partition coefficient (Wildman–Crippen LogP) is 1.32. The van der Waals surface area contributed by atoms with Crippen LogP contribution in [0.25, 0.3) is 0 Å². The zero-order valence-corrected chi connectivity index (χ0v) is 14.6. The molecule has 0 atom stereocenters. The summed E-state index contributed by atoms with van der Waals surface area (Å²) in [6.45, 7) is 6.29. The summed E-state index contributed by atoms with van der Waals surface area (Å²) in [7, 11) is 2.13. The Kier molecular flexibility index (Phi) is 5.21. The first-order valence-electron chi connectivity index (χ1n) is 7.83. The largest absolute Gasteiger partial charge is 0.354 e. The summed E-state index contributed by atoms with van der Waals surface area (Å²) in [5.41, 5.74) is 1.02. The van der Waals surface area contributed by atoms with Crippen LogP contribution in [0.3, 0.4) is 0 Å². The third-order valence-corrected chi connectivity index (χ3v) is 4.59. The fraction of sp³-hybridized carbons (Fsp3) is 0.467. The van der Waals surface area contributed by atoms with Crippen molar-refractivity contribution in [3.8, 4) is 0 Å². The number of pyridine rings is 1. The van der Waals surface area contributed by atoms with Crippen LogP contribution >= 0.6 is 11.3 Å². The first-order valence-corrected chi connectivity index (χ1v) is 8.65. The number of anilines is 2. The second-order valence-corrected chi connectivity index (χ2v) is 6.93. The fourth-order valence-corrected chi connectivity index (χ4v) is 3.04. The van der Waals surface area contributed by atoms with E-state index in [-0.39, 0.29) is 6.03 Å². The van der Waals surface area contributed by atoms with Gasteiger partial charge in [0.25, 0.3) is 0 Å². The van der Waals surface area contributed by atoms with E-state index in [0.29, 0.717) is 11.7 Å². The first-order chi connectivity index (χ1) is 11.6. The van der Waals surface area contributed by atoms with Crippen molar-refractivity contribution in [2.24, 2.45) is 0 Å². The molecule has 0 bridgehead atoms. The fourth-order valence-electron chi connectivity index (χ4n) is 2.45. The predicted molar refractivity (Wildman–Crippen MR) is 94.5 cm³/mol. The molecule has 0 radical (unpaired) electrons. The van der Waals surface area contributed by atoms with Crippen molar-refractivity contribution >= 4 is 28.3 Å². The topological polar surface area (TPSA) is 86.3 Å². The lowest BCUT2D eigenvalue weighted by atomic mass is 10.2. The van der Waals surface area contributed by atoms with E-state index in [1.807, 2.05) is 19.1 Å². The minimum Gasteiger partial charge on any atom is -0.354 e. The van der Waals surface area contributed by atoms with Crippen LogP contribution in [-0.4, -0.2) is 59.3 Å². The van der Waals surface area contributed by atoms with Gasteiger partial charge in [-0.1, -0.05) is 11.3 Å². The Hall–Kier alpha value is -2.26. The number of aryl methyl sites for hydroxylation is 1. The van der Waals surface area contributed by atoms with Crippen molar-refractivity contribution in [3.05, 3.63) is 28.9 Å². The number of nitrogens with zero attached hydrogens (tertiary/aromatic N) is 5. The number of rotatable bonds is 4. The Morgan fingerprint density at radius 3 is 2.79 bits per heavy atom. The molecule has 1 fully saturated rings. The maximum absolute atomic E-state index is 11.9. The average Bonchev–Trinajstić information content (AvgIpc) is 2.99. The number of amides is 2. The molecular formula is C15H21N7OS. The van der Waals surface area contributed by atoms with E-state index < -0.39 is 0 Å². The molecule has 1 aliphatic rings. The number of urea groups is 1. The van der Waals surface area contributed by atoms with E-state index in [9.17, 15) is 4.79 Å². The molecule has 0 spiro atoms. The van der Waals surface area contributed by atoms with Gasteiger partial charge < -0.3 is 15.1 Å². The quantitative estimate of drug-likeness (QED) is 0.867. The molecule has 9 heteroatoms. The van der Waals surface area contributed by atoms with Crippen molar-refractivity contribution in [1.82, 2.24) is 25.4 Å². The molecule has 2 aromatic rings. The SMILES string of the molecule is Cc1nnc(NC(=O)NCc2ccnc(N3CCN(C)CC3)c2)s1. The van der Waals surface area contributed by atoms with Crippen LogP contribution < -0.4 is 15.5 Å². The molecule has 1 aliphatic heterocycles. The molecule has 0 aromatic carbocycles. The molecule has 0 unspecified atom stereocenters. The smallest absolute Gasteiger partial charge is 0.321 e. The summed E-state index contributed by atoms with van der Waals surface area (Å²) in [5, 5.41) is 14.6. The summed E-state index contributed by atoms with van der Waals surface area (Å²) in [5.74, 6) is 0.961. The molecule has 3 rings (SSSR count). The number of likely N-dealkylation sites (N-methyl/N-ethyl adjacent to an activating group) is 1. The summed E-state index contributed by atoms with van der Waals surface area (Å²) in [4.78, 5) is 20.9. The van der Waals surface area contributed by atoms with Gasteiger partial charge >= 0.3 is 6.03 Å². The van der Waals surface area contributed by atoms with Gasteiger partial charge in [-0.3, -0.25) is 5.32 Å². The molecule has 8 nitrogen and oxygen atoms in total. The highest BCUT2D eigenvalue weighted by atomic mass is 32.1. The molecule has 0 aliphatic carbocycles. The molecule has 1 saturated heterocycles. The summed E-state index contributed by atoms with van der Waals surface area (Å²) in [6, 6.07) is 3.65. The minimum absolute atomic E-state index is 0.288. The number of hydrogen-bond acceptors (Lipinski definition) is 7. The molecule has 2 N–H and O–H groups in total. The number of carbonyl (C=O) groups excluding carboxylic acids is 1. The normalized spacial score (nSPS) is 15.3. The number of carbonyl (C=O) groups is 1. The Balaban J connectivity index is 1.53. The Morgan fingerprint density at radius 1 is 1.29 bits per heavy atom. The van der Waals surface area contributed by atoms with Gasteiger partial charge in [0.15, 0.2) is 0 Å². The van der Waals surface area contributed by atoms with Crippen molar-refractivity contribution in [1.29, 1.82) is 0 Å². The molecular weight excluding hydrogens is 326 g/mol. The molecule has 128 valence electrons. The van der Waals surface area contributed by atoms with Gasteiger partial charge in [-0.25, -0.2) is 9.78 Å². The van der Waals surface area contributed by atoms with Gasteiger partial charge in [-0.15, -0.1) is 10.2 Å². The number of hydrogen-bond donors (Lipinski definition) is 2. The Labute approximate surface area is 144 Å². The van der Waals surface area contributed by atoms with E-state index in [2.05, 4.69) is 42.7 Å². The van der Waals surface area contributed by atoms with Crippen molar-refractivity contribution in [2.75, 3.05) is 43.4 Å². The lowest BCUT2D eigenvalue weighted by Crippen LogP contribution is -2.44. The second kappa shape index (κ2) is 7.54. The van der Waals surface area contributed by atoms with Gasteiger partial charge in [0.1, 0.15) is 10.8 Å². The second-order valence-electron chi connectivity index (χ2n) is 5.75. The van der Waals surface area contributed by atoms with Gasteiger partial charge in [0, 0.05) is 38.9 Å². The van der Waals surface area contributed by atoms with Gasteiger partial charge in [-0.05, 0) is 31.7 Å². The minimum atomic E-state index is -0.288. The van der Waals surface area contributed by atoms with Gasteiger partial charge in [-0.2, -0.15) is 0 Å². The highest BCUT2D eigenvalue weighted by Gasteiger charge is 2.15. The highest BCUT2D eigenvalue weighted by molar-refractivity contribution is 7.15. The van der Waals surface area contributed by atoms with Crippen molar-refractivity contribution in [2.45, 2.75) is 13.5 Å². The third-order valence-electron chi connectivity index (χ3n) is 3.84. The number of aromatic nitrogens is 3. The number of nitrogens with one attached hydrogen (secondary N) is 2. The van der Waals surface area contributed by atoms with Crippen LogP contribution in [0.5, 0.6) is 0 Å². The summed E-state index contributed by atoms with van der Waals surface area (Å²) >= 11 is 1.34. The summed E-state index contributed by atoms with van der Waals surface area (Å²) < 4.78 is 0. The van der Waals surface area contributed by atoms with E-state index in [1.54, 1.807) is 6.20 Å². The molecule has 2 aromatic heterocycles. The van der Waals surface area contributed by atoms with Crippen LogP contribution in [0.4, 0.5) is 15.7 Å². The zero-order chi connectivity index (χ0) is 16.9. The monoisotopic (exact) mass is 347 g/mol. The lowest BCUT2D eigenvalue weighted by Gasteiger charge is -2.33. The van der Waals surface area contributed by atoms with Crippen LogP contribution in [-0.2, 0) is 6.54 Å². The van der Waals surface area contributed by atoms with Crippen LogP contribution in [0.2, 0.25) is 0 Å². The van der Waals surface area contributed by atoms with Crippen LogP contribution in [0.15, 0.2) is 18.3 Å². The van der Waals surface area contributed by atoms with Crippen LogP contribution in [0, 0.1) is 6.92 Å². The maximum Gasteiger partial charge on any atom is 0.321 e. The molecule has 0 saturated carbocycles. The van der Waals surface area contributed by atoms with Gasteiger partial charge in [0.2, 0.25) is 5.13 Å². The van der Waals surface area contributed by atoms with E-state index >= 15 is 0 Å². The van der Waals surface area contributed by atoms with Crippen molar-refractivity contribution in [3.63, 3.8) is 0 Å². The molecule has 3 heterocycles. The first kappa shape index (κ1) is 16.6. The Morgan fingerprint density at radius 2 is 2.08 bits per heavy atom. The standard InChI is InChI=1S/C15H21N7OS/c1-11-19-20-15(24-11)18-14(23)17-10-12-3-4-16-13(9-12)22-7-5-21(2)6-8-22/h3-4,9H,5-8,10H2,1-2H3,(H2,17,18,20,23). The van der Waals surface area contributed by atoms with Gasteiger partial charge in [0.05, 0.1) is 0 Å². The van der Waals surface area contributed by atoms with Crippen LogP contribution in [0.1, 0.15) is 10.6 Å². The molecule has 2 amide bonds. The van der Waals surface area contributed by atoms with E-state index in [4.69, 9.17) is 0 Å². The highest BCUT2D eigenvalue weighted by Crippen LogP contribution is 2.15. The number of piperazine rings is 1. The average molecular weight is 347 g/mol. The maximum atomic E-state index is 11.9. The van der Waals surface area contributed by atoms with E-state index in [0.717, 1.165) is 42.6 Å². The zero-order valence-electron chi connectivity index (χ0n) is 13.8. The molecule has 24 heavy (non-hydrogen) atoms. The lowest BCUT2D eigenvalue weighted by molar-refractivity contribution is 0.251. The summed E-state index contributed by atoms with van der Waals surface area (Å²) in [6.07, 6.45) is 1.79. The van der Waals surface area contributed by atoms with E-state index in [1.165, 1.54) is 11.3 Å².